The summed E-state index contributed by atoms with van der Waals surface area (Å²) in [6.07, 6.45) is 4.99. The molecule has 7 rings (SSSR count). The summed E-state index contributed by atoms with van der Waals surface area (Å²) in [5.41, 5.74) is 4.99. The Kier molecular flexibility index (Phi) is 5.89. The number of nitrogens with zero attached hydrogens (tertiary/aromatic N) is 8. The van der Waals surface area contributed by atoms with Crippen molar-refractivity contribution in [3.8, 4) is 11.5 Å². The van der Waals surface area contributed by atoms with E-state index in [0.717, 1.165) is 33.8 Å². The van der Waals surface area contributed by atoms with Crippen LogP contribution >= 0.6 is 0 Å². The number of nitrogens with one attached hydrogen (secondary N) is 1. The van der Waals surface area contributed by atoms with Crippen LogP contribution in [0.4, 0.5) is 17.5 Å². The van der Waals surface area contributed by atoms with Crippen molar-refractivity contribution >= 4 is 45.4 Å². The van der Waals surface area contributed by atoms with Crippen molar-refractivity contribution in [2.45, 2.75) is 13.0 Å². The van der Waals surface area contributed by atoms with Crippen LogP contribution in [0.5, 0.6) is 11.5 Å². The van der Waals surface area contributed by atoms with Crippen LogP contribution < -0.4 is 15.0 Å². The average molecular weight is 538 g/mol. The maximum atomic E-state index is 12.2. The van der Waals surface area contributed by atoms with Gasteiger partial charge < -0.3 is 29.2 Å². The molecule has 2 aliphatic rings. The molecule has 202 valence electrons. The Morgan fingerprint density at radius 1 is 1.05 bits per heavy atom. The molecule has 0 aliphatic carbocycles. The van der Waals surface area contributed by atoms with E-state index in [0.29, 0.717) is 49.0 Å². The summed E-state index contributed by atoms with van der Waals surface area (Å²) in [5, 5.41) is 3.39. The molecule has 0 radical (unpaired) electrons. The van der Waals surface area contributed by atoms with E-state index in [1.807, 2.05) is 59.8 Å². The minimum absolute atomic E-state index is 0.00602. The molecule has 12 heteroatoms. The number of carbonyl (C=O) groups excluding carboxylic acids is 1. The number of aryl methyl sites for hydroxylation is 2. The molecule has 12 nitrogen and oxygen atoms in total. The molecule has 1 atom stereocenters. The van der Waals surface area contributed by atoms with Gasteiger partial charge in [0.1, 0.15) is 35.5 Å². The first-order valence-corrected chi connectivity index (χ1v) is 13.1. The zero-order chi connectivity index (χ0) is 27.2. The molecule has 2 aliphatic heterocycles. The van der Waals surface area contributed by atoms with Crippen LogP contribution in [0.2, 0.25) is 0 Å². The Hall–Kier alpha value is -4.84. The lowest BCUT2D eigenvalue weighted by atomic mass is 10.1. The maximum Gasteiger partial charge on any atom is 0.249 e. The highest BCUT2D eigenvalue weighted by molar-refractivity contribution is 5.87. The maximum absolute atomic E-state index is 12.2. The fourth-order valence-corrected chi connectivity index (χ4v) is 5.25. The van der Waals surface area contributed by atoms with Gasteiger partial charge in [-0.3, -0.25) is 4.79 Å². The van der Waals surface area contributed by atoms with E-state index in [1.54, 1.807) is 12.5 Å². The van der Waals surface area contributed by atoms with Crippen LogP contribution in [0.1, 0.15) is 5.56 Å². The van der Waals surface area contributed by atoms with Gasteiger partial charge in [0, 0.05) is 38.4 Å². The van der Waals surface area contributed by atoms with Gasteiger partial charge in [0.2, 0.25) is 11.9 Å². The summed E-state index contributed by atoms with van der Waals surface area (Å²) >= 11 is 0. The predicted molar refractivity (Wildman–Crippen MR) is 149 cm³/mol. The first-order valence-electron chi connectivity index (χ1n) is 13.1. The quantitative estimate of drug-likeness (QED) is 0.357. The van der Waals surface area contributed by atoms with Crippen molar-refractivity contribution < 1.29 is 14.3 Å². The van der Waals surface area contributed by atoms with E-state index in [2.05, 4.69) is 30.2 Å². The molecule has 40 heavy (non-hydrogen) atoms. The van der Waals surface area contributed by atoms with Crippen molar-refractivity contribution in [3.05, 3.63) is 60.8 Å². The molecular formula is C28H27N9O3. The number of ether oxygens (including phenoxy) is 2. The Morgan fingerprint density at radius 2 is 1.98 bits per heavy atom. The second kappa shape index (κ2) is 9.72. The van der Waals surface area contributed by atoms with E-state index in [9.17, 15) is 4.79 Å². The lowest BCUT2D eigenvalue weighted by Gasteiger charge is -2.43. The molecule has 5 aromatic rings. The Labute approximate surface area is 229 Å². The van der Waals surface area contributed by atoms with Crippen molar-refractivity contribution in [1.82, 2.24) is 34.4 Å². The van der Waals surface area contributed by atoms with Gasteiger partial charge in [-0.1, -0.05) is 0 Å². The van der Waals surface area contributed by atoms with E-state index >= 15 is 0 Å². The van der Waals surface area contributed by atoms with Crippen LogP contribution in [-0.2, 0) is 16.6 Å². The first kappa shape index (κ1) is 24.2. The summed E-state index contributed by atoms with van der Waals surface area (Å²) < 4.78 is 13.6. The number of benzene rings is 2. The molecule has 3 aromatic heterocycles. The second-order valence-electron chi connectivity index (χ2n) is 10.0. The number of imidazole rings is 1. The number of hydrogen-bond acceptors (Lipinski definition) is 10. The molecule has 0 spiro atoms. The standard InChI is InChI=1S/C28H27N9O3/c1-17-9-18(3-6-24(17)40-20-4-5-23-21(10-20)32-16-35(23)2)33-27-26-22(30-15-31-27)11-29-28(34-26)36-7-8-37-19(12-36)13-39-14-25(37)38/h3-6,9-11,15-16,19H,7-8,12-14H2,1-2H3,(H,30,31,33). The highest BCUT2D eigenvalue weighted by Gasteiger charge is 2.34. The minimum Gasteiger partial charge on any atom is -0.457 e. The van der Waals surface area contributed by atoms with E-state index in [4.69, 9.17) is 14.5 Å². The van der Waals surface area contributed by atoms with Crippen molar-refractivity contribution in [1.29, 1.82) is 0 Å². The zero-order valence-corrected chi connectivity index (χ0v) is 22.1. The SMILES string of the molecule is Cc1cc(Nc2ncnc3cnc(N4CCN5C(=O)COCC5C4)nc23)ccc1Oc1ccc2c(c1)ncn2C. The average Bonchev–Trinajstić information content (AvgIpc) is 3.34. The molecule has 0 saturated carbocycles. The molecule has 1 amide bonds. The van der Waals surface area contributed by atoms with Gasteiger partial charge in [0.15, 0.2) is 5.82 Å². The van der Waals surface area contributed by atoms with Crippen molar-refractivity contribution in [3.63, 3.8) is 0 Å². The molecule has 2 aromatic carbocycles. The third-order valence-electron chi connectivity index (χ3n) is 7.35. The Bertz CT molecular complexity index is 1750. The fourth-order valence-electron chi connectivity index (χ4n) is 5.25. The van der Waals surface area contributed by atoms with E-state index in [-0.39, 0.29) is 18.6 Å². The fraction of sp³-hybridized carbons (Fsp3) is 0.286. The molecule has 2 fully saturated rings. The van der Waals surface area contributed by atoms with Gasteiger partial charge in [0.05, 0.1) is 36.2 Å². The van der Waals surface area contributed by atoms with Crippen LogP contribution in [0.3, 0.4) is 0 Å². The number of rotatable bonds is 5. The first-order chi connectivity index (χ1) is 19.5. The number of piperazine rings is 1. The predicted octanol–water partition coefficient (Wildman–Crippen LogP) is 3.20. The number of amides is 1. The molecule has 2 saturated heterocycles. The van der Waals surface area contributed by atoms with Gasteiger partial charge in [-0.25, -0.2) is 24.9 Å². The molecule has 0 bridgehead atoms. The summed E-state index contributed by atoms with van der Waals surface area (Å²) in [6, 6.07) is 11.7. The number of morpholine rings is 1. The highest BCUT2D eigenvalue weighted by atomic mass is 16.5. The monoisotopic (exact) mass is 537 g/mol. The third kappa shape index (κ3) is 4.41. The summed E-state index contributed by atoms with van der Waals surface area (Å²) in [7, 11) is 1.97. The van der Waals surface area contributed by atoms with Gasteiger partial charge in [-0.15, -0.1) is 0 Å². The second-order valence-corrected chi connectivity index (χ2v) is 10.0. The third-order valence-corrected chi connectivity index (χ3v) is 7.35. The van der Waals surface area contributed by atoms with Gasteiger partial charge in [-0.2, -0.15) is 0 Å². The number of anilines is 3. The number of fused-ring (bicyclic) bond motifs is 3. The van der Waals surface area contributed by atoms with Crippen LogP contribution in [0.15, 0.2) is 55.2 Å². The van der Waals surface area contributed by atoms with E-state index in [1.165, 1.54) is 6.33 Å². The van der Waals surface area contributed by atoms with Crippen LogP contribution in [0.25, 0.3) is 22.1 Å². The molecular weight excluding hydrogens is 510 g/mol. The Balaban J connectivity index is 1.11. The lowest BCUT2D eigenvalue weighted by molar-refractivity contribution is -0.148. The topological polar surface area (TPSA) is 123 Å². The molecule has 1 N–H and O–H groups in total. The van der Waals surface area contributed by atoms with Crippen LogP contribution in [-0.4, -0.2) is 79.2 Å². The minimum atomic E-state index is -0.00602. The van der Waals surface area contributed by atoms with Crippen molar-refractivity contribution in [2.75, 3.05) is 43.1 Å². The molecule has 5 heterocycles. The zero-order valence-electron chi connectivity index (χ0n) is 22.1. The van der Waals surface area contributed by atoms with Gasteiger partial charge >= 0.3 is 0 Å². The number of hydrogen-bond donors (Lipinski definition) is 1. The normalized spacial score (nSPS) is 17.4. The number of aromatic nitrogens is 6. The van der Waals surface area contributed by atoms with Gasteiger partial charge in [0.25, 0.3) is 0 Å². The Morgan fingerprint density at radius 3 is 2.88 bits per heavy atom. The van der Waals surface area contributed by atoms with E-state index < -0.39 is 0 Å². The van der Waals surface area contributed by atoms with Crippen LogP contribution in [0, 0.1) is 6.92 Å². The number of carbonyl (C=O) groups is 1. The summed E-state index contributed by atoms with van der Waals surface area (Å²) in [4.78, 5) is 38.7. The smallest absolute Gasteiger partial charge is 0.249 e. The summed E-state index contributed by atoms with van der Waals surface area (Å²) in [6.45, 7) is 4.55. The largest absolute Gasteiger partial charge is 0.457 e. The highest BCUT2D eigenvalue weighted by Crippen LogP contribution is 2.31. The summed E-state index contributed by atoms with van der Waals surface area (Å²) in [5.74, 6) is 2.68. The van der Waals surface area contributed by atoms with Crippen molar-refractivity contribution in [2.24, 2.45) is 7.05 Å². The molecule has 1 unspecified atom stereocenters. The lowest BCUT2D eigenvalue weighted by Crippen LogP contribution is -2.60. The van der Waals surface area contributed by atoms with Gasteiger partial charge in [-0.05, 0) is 42.8 Å².